The van der Waals surface area contributed by atoms with Crippen LogP contribution in [-0.2, 0) is 0 Å². The number of hydrogen-bond donors (Lipinski definition) is 0. The van der Waals surface area contributed by atoms with Crippen LogP contribution in [0.15, 0.2) is 0 Å². The van der Waals surface area contributed by atoms with Crippen LogP contribution in [-0.4, -0.2) is 25.0 Å². The normalized spacial score (nSPS) is 10.1. The fraction of sp³-hybridized carbons (Fsp3) is 0.789. The van der Waals surface area contributed by atoms with Crippen LogP contribution >= 0.6 is 0 Å². The molecule has 0 bridgehead atoms. The summed E-state index contributed by atoms with van der Waals surface area (Å²) in [5, 5.41) is 0. The van der Waals surface area contributed by atoms with Crippen molar-refractivity contribution < 1.29 is 0 Å². The maximum Gasteiger partial charge on any atom is 0.133 e. The van der Waals surface area contributed by atoms with Crippen molar-refractivity contribution in [2.75, 3.05) is 14.1 Å². The van der Waals surface area contributed by atoms with Crippen molar-refractivity contribution in [3.63, 3.8) is 0 Å². The largest absolute Gasteiger partial charge is 0.286 e. The Morgan fingerprint density at radius 3 is 1.50 bits per heavy atom. The first kappa shape index (κ1) is 19.1. The first-order valence-electron chi connectivity index (χ1n) is 8.35. The summed E-state index contributed by atoms with van der Waals surface area (Å²) >= 11 is 0. The van der Waals surface area contributed by atoms with E-state index < -0.39 is 0 Å². The first-order valence-corrected chi connectivity index (χ1v) is 8.35. The second-order valence-electron chi connectivity index (χ2n) is 5.63. The lowest BCUT2D eigenvalue weighted by atomic mass is 10.1. The summed E-state index contributed by atoms with van der Waals surface area (Å²) in [5.41, 5.74) is 0. The number of unbranched alkanes of at least 4 members (excludes halogenated alkanes) is 8. The van der Waals surface area contributed by atoms with Crippen molar-refractivity contribution >= 4 is 0 Å². The monoisotopic (exact) mass is 275 g/mol. The molecule has 0 N–H and O–H groups in total. The van der Waals surface area contributed by atoms with E-state index in [-0.39, 0.29) is 6.04 Å². The molecule has 0 saturated heterocycles. The summed E-state index contributed by atoms with van der Waals surface area (Å²) in [4.78, 5) is 2.11. The quantitative estimate of drug-likeness (QED) is 0.429. The summed E-state index contributed by atoms with van der Waals surface area (Å²) in [5.74, 6) is 13.2. The highest BCUT2D eigenvalue weighted by Crippen LogP contribution is 2.02. The van der Waals surface area contributed by atoms with Gasteiger partial charge in [-0.1, -0.05) is 64.2 Å². The standard InChI is InChI=1S/C19H33N/c1-5-7-9-11-13-15-17-19(20(3)4)18-16-14-12-10-8-6-2/h19H,5-14H2,1-4H3. The van der Waals surface area contributed by atoms with E-state index in [1.165, 1.54) is 51.4 Å². The fourth-order valence-corrected chi connectivity index (χ4v) is 1.91. The van der Waals surface area contributed by atoms with Gasteiger partial charge in [-0.05, 0) is 26.9 Å². The third-order valence-corrected chi connectivity index (χ3v) is 3.30. The molecule has 0 aliphatic rings. The van der Waals surface area contributed by atoms with Crippen molar-refractivity contribution in [1.29, 1.82) is 0 Å². The molecule has 0 fully saturated rings. The molecule has 0 atom stereocenters. The molecule has 0 aromatic carbocycles. The maximum atomic E-state index is 3.30. The molecule has 0 aromatic heterocycles. The highest BCUT2D eigenvalue weighted by Gasteiger charge is 2.01. The first-order chi connectivity index (χ1) is 9.72. The van der Waals surface area contributed by atoms with Crippen LogP contribution in [0.4, 0.5) is 0 Å². The molecule has 20 heavy (non-hydrogen) atoms. The van der Waals surface area contributed by atoms with E-state index in [0.29, 0.717) is 0 Å². The zero-order valence-corrected chi connectivity index (χ0v) is 14.1. The van der Waals surface area contributed by atoms with Crippen molar-refractivity contribution in [3.8, 4) is 23.7 Å². The van der Waals surface area contributed by atoms with Gasteiger partial charge >= 0.3 is 0 Å². The summed E-state index contributed by atoms with van der Waals surface area (Å²) in [6.45, 7) is 4.48. The molecule has 0 unspecified atom stereocenters. The average molecular weight is 275 g/mol. The van der Waals surface area contributed by atoms with Gasteiger partial charge in [-0.25, -0.2) is 0 Å². The Bertz CT molecular complexity index is 291. The van der Waals surface area contributed by atoms with Crippen LogP contribution in [0.1, 0.15) is 78.1 Å². The molecule has 1 nitrogen and oxygen atoms in total. The van der Waals surface area contributed by atoms with Gasteiger partial charge in [-0.2, -0.15) is 0 Å². The van der Waals surface area contributed by atoms with Gasteiger partial charge in [0.2, 0.25) is 0 Å². The van der Waals surface area contributed by atoms with E-state index in [1.807, 2.05) is 0 Å². The Morgan fingerprint density at radius 1 is 0.700 bits per heavy atom. The predicted octanol–water partition coefficient (Wildman–Crippen LogP) is 4.86. The zero-order valence-electron chi connectivity index (χ0n) is 14.1. The van der Waals surface area contributed by atoms with E-state index in [4.69, 9.17) is 0 Å². The third-order valence-electron chi connectivity index (χ3n) is 3.30. The lowest BCUT2D eigenvalue weighted by Crippen LogP contribution is -2.24. The molecule has 0 aliphatic carbocycles. The van der Waals surface area contributed by atoms with Gasteiger partial charge in [0.1, 0.15) is 6.04 Å². The van der Waals surface area contributed by atoms with E-state index in [0.717, 1.165) is 12.8 Å². The lowest BCUT2D eigenvalue weighted by Gasteiger charge is -2.12. The molecule has 1 heteroatoms. The number of rotatable bonds is 9. The van der Waals surface area contributed by atoms with Gasteiger partial charge in [0.25, 0.3) is 0 Å². The summed E-state index contributed by atoms with van der Waals surface area (Å²) < 4.78 is 0. The van der Waals surface area contributed by atoms with Crippen LogP contribution in [0.3, 0.4) is 0 Å². The number of nitrogens with zero attached hydrogens (tertiary/aromatic N) is 1. The van der Waals surface area contributed by atoms with E-state index >= 15 is 0 Å². The van der Waals surface area contributed by atoms with Gasteiger partial charge in [0.15, 0.2) is 0 Å². The Balaban J connectivity index is 3.98. The molecular weight excluding hydrogens is 242 g/mol. The van der Waals surface area contributed by atoms with Gasteiger partial charge in [0, 0.05) is 12.8 Å². The molecule has 0 rings (SSSR count). The summed E-state index contributed by atoms with van der Waals surface area (Å²) in [7, 11) is 4.12. The maximum absolute atomic E-state index is 3.30. The summed E-state index contributed by atoms with van der Waals surface area (Å²) in [6, 6.07) is 0.104. The minimum atomic E-state index is 0.104. The van der Waals surface area contributed by atoms with Crippen molar-refractivity contribution in [2.45, 2.75) is 84.1 Å². The molecule has 114 valence electrons. The van der Waals surface area contributed by atoms with Crippen molar-refractivity contribution in [1.82, 2.24) is 4.90 Å². The van der Waals surface area contributed by atoms with Crippen LogP contribution in [0, 0.1) is 23.7 Å². The Hall–Kier alpha value is -0.920. The van der Waals surface area contributed by atoms with Gasteiger partial charge in [-0.15, -0.1) is 11.8 Å². The van der Waals surface area contributed by atoms with Gasteiger partial charge < -0.3 is 0 Å². The average Bonchev–Trinajstić information content (AvgIpc) is 2.43. The molecular formula is C19H33N. The van der Waals surface area contributed by atoms with Crippen LogP contribution in [0.5, 0.6) is 0 Å². The van der Waals surface area contributed by atoms with Crippen molar-refractivity contribution in [2.24, 2.45) is 0 Å². The zero-order chi connectivity index (χ0) is 15.1. The fourth-order valence-electron chi connectivity index (χ4n) is 1.91. The van der Waals surface area contributed by atoms with E-state index in [9.17, 15) is 0 Å². The molecule has 0 saturated carbocycles. The Labute approximate surface area is 127 Å². The minimum absolute atomic E-state index is 0.104. The minimum Gasteiger partial charge on any atom is -0.286 e. The van der Waals surface area contributed by atoms with Crippen LogP contribution < -0.4 is 0 Å². The molecule has 0 spiro atoms. The smallest absolute Gasteiger partial charge is 0.133 e. The highest BCUT2D eigenvalue weighted by atomic mass is 15.1. The molecule has 0 radical (unpaired) electrons. The SMILES string of the molecule is CCCCCCC#CC(C#CCCCCCC)N(C)C. The molecule has 0 amide bonds. The second-order valence-corrected chi connectivity index (χ2v) is 5.63. The van der Waals surface area contributed by atoms with E-state index in [1.54, 1.807) is 0 Å². The van der Waals surface area contributed by atoms with Crippen molar-refractivity contribution in [3.05, 3.63) is 0 Å². The van der Waals surface area contributed by atoms with E-state index in [2.05, 4.69) is 56.5 Å². The second kappa shape index (κ2) is 14.5. The van der Waals surface area contributed by atoms with Gasteiger partial charge in [-0.3, -0.25) is 4.90 Å². The third kappa shape index (κ3) is 12.1. The molecule has 0 aromatic rings. The lowest BCUT2D eigenvalue weighted by molar-refractivity contribution is 0.408. The van der Waals surface area contributed by atoms with Crippen LogP contribution in [0.2, 0.25) is 0 Å². The number of hydrogen-bond acceptors (Lipinski definition) is 1. The topological polar surface area (TPSA) is 3.24 Å². The molecule has 0 heterocycles. The Morgan fingerprint density at radius 2 is 1.15 bits per heavy atom. The van der Waals surface area contributed by atoms with Gasteiger partial charge in [0.05, 0.1) is 0 Å². The molecule has 0 aliphatic heterocycles. The summed E-state index contributed by atoms with van der Waals surface area (Å²) in [6.07, 6.45) is 12.3. The highest BCUT2D eigenvalue weighted by molar-refractivity contribution is 5.22. The Kier molecular flexibility index (Phi) is 13.8. The predicted molar refractivity (Wildman–Crippen MR) is 90.5 cm³/mol. The van der Waals surface area contributed by atoms with Crippen LogP contribution in [0.25, 0.3) is 0 Å².